The molecule has 1 spiro atoms. The molecule has 2 heterocycles. The van der Waals surface area contributed by atoms with Gasteiger partial charge in [0.1, 0.15) is 5.75 Å². The van der Waals surface area contributed by atoms with Crippen LogP contribution in [0.3, 0.4) is 0 Å². The minimum absolute atomic E-state index is 0.107. The smallest absolute Gasteiger partial charge is 0.238 e. The minimum Gasteiger partial charge on any atom is -0.495 e. The highest BCUT2D eigenvalue weighted by Gasteiger charge is 2.52. The fraction of sp³-hybridized carbons (Fsp3) is 0.611. The second-order valence-corrected chi connectivity index (χ2v) is 9.75. The summed E-state index contributed by atoms with van der Waals surface area (Å²) in [5.41, 5.74) is -0.187. The number of amides is 1. The van der Waals surface area contributed by atoms with Gasteiger partial charge in [0.05, 0.1) is 36.6 Å². The molecule has 2 aliphatic rings. The summed E-state index contributed by atoms with van der Waals surface area (Å²) >= 11 is 6.07. The third kappa shape index (κ3) is 4.28. The number of nitrogens with zero attached hydrogens (tertiary/aromatic N) is 2. The van der Waals surface area contributed by atoms with Crippen molar-refractivity contribution in [3.8, 4) is 5.75 Å². The molecule has 2 fully saturated rings. The van der Waals surface area contributed by atoms with Gasteiger partial charge in [0.2, 0.25) is 15.9 Å². The van der Waals surface area contributed by atoms with Crippen LogP contribution in [0.25, 0.3) is 0 Å². The average molecular weight is 432 g/mol. The summed E-state index contributed by atoms with van der Waals surface area (Å²) < 4.78 is 30.7. The zero-order valence-electron chi connectivity index (χ0n) is 16.0. The highest BCUT2D eigenvalue weighted by atomic mass is 35.5. The number of nitrogens with one attached hydrogen (secondary N) is 1. The maximum atomic E-state index is 12.4. The van der Waals surface area contributed by atoms with E-state index in [4.69, 9.17) is 16.3 Å². The van der Waals surface area contributed by atoms with Gasteiger partial charge in [0.25, 0.3) is 0 Å². The van der Waals surface area contributed by atoms with Crippen LogP contribution in [0.1, 0.15) is 19.3 Å². The first-order valence-electron chi connectivity index (χ1n) is 9.17. The summed E-state index contributed by atoms with van der Waals surface area (Å²) in [6.45, 7) is 1.34. The normalized spacial score (nSPS) is 26.5. The Hall–Kier alpha value is -1.39. The Morgan fingerprint density at radius 2 is 2.14 bits per heavy atom. The predicted molar refractivity (Wildman–Crippen MR) is 107 cm³/mol. The van der Waals surface area contributed by atoms with E-state index in [9.17, 15) is 18.3 Å². The monoisotopic (exact) mass is 431 g/mol. The number of rotatable bonds is 5. The maximum Gasteiger partial charge on any atom is 0.238 e. The molecule has 0 radical (unpaired) electrons. The number of methoxy groups -OCH3 is 1. The van der Waals surface area contributed by atoms with Crippen molar-refractivity contribution in [1.29, 1.82) is 0 Å². The van der Waals surface area contributed by atoms with E-state index >= 15 is 0 Å². The number of carbonyl (C=O) groups is 1. The number of ether oxygens (including phenoxy) is 1. The largest absolute Gasteiger partial charge is 0.495 e. The molecule has 10 heteroatoms. The second-order valence-electron chi connectivity index (χ2n) is 7.44. The maximum absolute atomic E-state index is 12.4. The van der Waals surface area contributed by atoms with E-state index in [2.05, 4.69) is 5.32 Å². The van der Waals surface area contributed by atoms with Crippen molar-refractivity contribution < 1.29 is 23.1 Å². The van der Waals surface area contributed by atoms with Gasteiger partial charge in [-0.3, -0.25) is 9.69 Å². The van der Waals surface area contributed by atoms with Crippen molar-refractivity contribution in [3.05, 3.63) is 23.2 Å². The first-order chi connectivity index (χ1) is 13.2. The molecule has 0 aromatic heterocycles. The van der Waals surface area contributed by atoms with E-state index in [0.717, 1.165) is 6.42 Å². The van der Waals surface area contributed by atoms with Crippen LogP contribution in [-0.2, 0) is 14.8 Å². The number of β-amino-alcohol motifs (C(OH)–C–C–N with tert-alkyl or cyclic N) is 1. The molecular formula is C18H26ClN3O5S. The van der Waals surface area contributed by atoms with E-state index in [0.29, 0.717) is 42.4 Å². The molecule has 0 aliphatic carbocycles. The zero-order valence-corrected chi connectivity index (χ0v) is 17.6. The van der Waals surface area contributed by atoms with E-state index in [1.165, 1.54) is 17.7 Å². The van der Waals surface area contributed by atoms with Crippen LogP contribution in [0, 0.1) is 0 Å². The molecule has 2 aliphatic heterocycles. The van der Waals surface area contributed by atoms with Crippen LogP contribution >= 0.6 is 11.6 Å². The molecule has 28 heavy (non-hydrogen) atoms. The Kier molecular flexibility index (Phi) is 6.21. The van der Waals surface area contributed by atoms with Crippen molar-refractivity contribution in [3.63, 3.8) is 0 Å². The Bertz CT molecular complexity index is 850. The van der Waals surface area contributed by atoms with Gasteiger partial charge in [-0.15, -0.1) is 0 Å². The number of hydrogen-bond acceptors (Lipinski definition) is 6. The third-order valence-electron chi connectivity index (χ3n) is 5.58. The summed E-state index contributed by atoms with van der Waals surface area (Å²) in [6, 6.07) is 4.98. The second kappa shape index (κ2) is 8.16. The SMILES string of the molecule is COc1ccc(NC(=O)CN2CC[C@@]3(CCCN3S(C)(=O)=O)[C@@H](O)C2)cc1Cl. The first kappa shape index (κ1) is 21.3. The third-order valence-corrected chi connectivity index (χ3v) is 7.23. The number of aliphatic hydroxyl groups excluding tert-OH is 1. The lowest BCUT2D eigenvalue weighted by atomic mass is 9.83. The molecule has 2 atom stereocenters. The standard InChI is InChI=1S/C18H26ClN3O5S/c1-27-15-5-4-13(10-14(15)19)20-17(24)12-21-9-7-18(16(23)11-21)6-3-8-22(18)28(2,25)26/h4-5,10,16,23H,3,6-9,11-12H2,1-2H3,(H,20,24)/t16-,18-/m0/s1. The molecule has 0 unspecified atom stereocenters. The number of benzene rings is 1. The summed E-state index contributed by atoms with van der Waals surface area (Å²) in [7, 11) is -1.86. The lowest BCUT2D eigenvalue weighted by Crippen LogP contribution is -2.63. The topological polar surface area (TPSA) is 99.2 Å². The van der Waals surface area contributed by atoms with Crippen LogP contribution in [0.2, 0.25) is 5.02 Å². The summed E-state index contributed by atoms with van der Waals surface area (Å²) in [5.74, 6) is 0.298. The molecule has 0 bridgehead atoms. The van der Waals surface area contributed by atoms with E-state index < -0.39 is 21.7 Å². The zero-order chi connectivity index (χ0) is 20.5. The van der Waals surface area contributed by atoms with E-state index in [-0.39, 0.29) is 19.0 Å². The van der Waals surface area contributed by atoms with Crippen LogP contribution in [0.15, 0.2) is 18.2 Å². The molecule has 2 N–H and O–H groups in total. The Morgan fingerprint density at radius 1 is 1.39 bits per heavy atom. The van der Waals surface area contributed by atoms with Crippen molar-refractivity contribution in [2.75, 3.05) is 44.9 Å². The minimum atomic E-state index is -3.38. The summed E-state index contributed by atoms with van der Waals surface area (Å²) in [4.78, 5) is 14.2. The van der Waals surface area contributed by atoms with Gasteiger partial charge in [-0.25, -0.2) is 8.42 Å². The molecule has 0 saturated carbocycles. The number of piperidine rings is 1. The average Bonchev–Trinajstić information content (AvgIpc) is 3.04. The number of halogens is 1. The van der Waals surface area contributed by atoms with Crippen molar-refractivity contribution >= 4 is 33.2 Å². The molecular weight excluding hydrogens is 406 g/mol. The van der Waals surface area contributed by atoms with E-state index in [1.54, 1.807) is 18.2 Å². The van der Waals surface area contributed by atoms with Gasteiger partial charge in [-0.05, 0) is 37.5 Å². The molecule has 2 saturated heterocycles. The summed E-state index contributed by atoms with van der Waals surface area (Å²) in [5, 5.41) is 13.9. The summed E-state index contributed by atoms with van der Waals surface area (Å²) in [6.07, 6.45) is 2.24. The lowest BCUT2D eigenvalue weighted by molar-refractivity contribution is -0.119. The van der Waals surface area contributed by atoms with Crippen molar-refractivity contribution in [1.82, 2.24) is 9.21 Å². The van der Waals surface area contributed by atoms with Crippen LogP contribution in [-0.4, -0.2) is 79.8 Å². The first-order valence-corrected chi connectivity index (χ1v) is 11.4. The molecule has 156 valence electrons. The number of likely N-dealkylation sites (tertiary alicyclic amines) is 1. The fourth-order valence-corrected chi connectivity index (χ4v) is 5.95. The van der Waals surface area contributed by atoms with Gasteiger partial charge in [-0.1, -0.05) is 11.6 Å². The number of hydrogen-bond donors (Lipinski definition) is 2. The van der Waals surface area contributed by atoms with Crippen molar-refractivity contribution in [2.45, 2.75) is 30.9 Å². The Balaban J connectivity index is 1.60. The van der Waals surface area contributed by atoms with E-state index in [1.807, 2.05) is 4.90 Å². The fourth-order valence-electron chi connectivity index (χ4n) is 4.27. The highest BCUT2D eigenvalue weighted by molar-refractivity contribution is 7.88. The van der Waals surface area contributed by atoms with Crippen LogP contribution in [0.5, 0.6) is 5.75 Å². The van der Waals surface area contributed by atoms with Gasteiger partial charge in [0, 0.05) is 25.3 Å². The quantitative estimate of drug-likeness (QED) is 0.725. The number of anilines is 1. The number of aliphatic hydroxyl groups is 1. The molecule has 1 aromatic carbocycles. The van der Waals surface area contributed by atoms with Crippen LogP contribution in [0.4, 0.5) is 5.69 Å². The predicted octanol–water partition coefficient (Wildman–Crippen LogP) is 1.15. The Labute approximate surface area is 170 Å². The molecule has 1 amide bonds. The van der Waals surface area contributed by atoms with Gasteiger partial charge in [-0.2, -0.15) is 4.31 Å². The number of sulfonamides is 1. The molecule has 1 aromatic rings. The number of carbonyl (C=O) groups excluding carboxylic acids is 1. The van der Waals surface area contributed by atoms with Gasteiger partial charge in [0.15, 0.2) is 0 Å². The lowest BCUT2D eigenvalue weighted by Gasteiger charge is -2.47. The Morgan fingerprint density at radius 3 is 2.75 bits per heavy atom. The van der Waals surface area contributed by atoms with Crippen LogP contribution < -0.4 is 10.1 Å². The van der Waals surface area contributed by atoms with Gasteiger partial charge >= 0.3 is 0 Å². The molecule has 3 rings (SSSR count). The molecule has 8 nitrogen and oxygen atoms in total. The van der Waals surface area contributed by atoms with Crippen molar-refractivity contribution in [2.24, 2.45) is 0 Å². The van der Waals surface area contributed by atoms with Gasteiger partial charge < -0.3 is 15.2 Å². The highest BCUT2D eigenvalue weighted by Crippen LogP contribution is 2.40.